The molecule has 0 bridgehead atoms. The van der Waals surface area contributed by atoms with E-state index in [4.69, 9.17) is 0 Å². The Morgan fingerprint density at radius 3 is 2.80 bits per heavy atom. The van der Waals surface area contributed by atoms with Crippen molar-refractivity contribution in [3.63, 3.8) is 0 Å². The summed E-state index contributed by atoms with van der Waals surface area (Å²) in [5.41, 5.74) is 0. The lowest BCUT2D eigenvalue weighted by Gasteiger charge is -2.13. The third kappa shape index (κ3) is 4.38. The number of nitrogens with zero attached hydrogens (tertiary/aromatic N) is 2. The summed E-state index contributed by atoms with van der Waals surface area (Å²) in [6.45, 7) is 4.32. The molecule has 0 aliphatic rings. The lowest BCUT2D eigenvalue weighted by Crippen LogP contribution is -2.19. The normalized spacial score (nSPS) is 12.2. The Labute approximate surface area is 95.3 Å². The molecule has 1 aromatic rings. The van der Waals surface area contributed by atoms with Gasteiger partial charge in [0.15, 0.2) is 0 Å². The Balaban J connectivity index is 2.48. The Bertz CT molecular complexity index is 293. The van der Waals surface area contributed by atoms with Crippen molar-refractivity contribution in [3.05, 3.63) is 12.4 Å². The maximum absolute atomic E-state index is 4.16. The average Bonchev–Trinajstić information content (AvgIpc) is 2.26. The van der Waals surface area contributed by atoms with Crippen LogP contribution in [0.4, 0.5) is 11.6 Å². The van der Waals surface area contributed by atoms with Crippen molar-refractivity contribution < 1.29 is 0 Å². The fourth-order valence-electron chi connectivity index (χ4n) is 1.16. The molecule has 0 spiro atoms. The largest absolute Gasteiger partial charge is 0.373 e. The van der Waals surface area contributed by atoms with Crippen LogP contribution in [0.2, 0.25) is 0 Å². The first kappa shape index (κ1) is 12.1. The van der Waals surface area contributed by atoms with Gasteiger partial charge in [-0.3, -0.25) is 0 Å². The Kier molecular flexibility index (Phi) is 5.25. The van der Waals surface area contributed by atoms with Gasteiger partial charge in [-0.25, -0.2) is 9.97 Å². The fourth-order valence-corrected chi connectivity index (χ4v) is 1.83. The van der Waals surface area contributed by atoms with Gasteiger partial charge in [0.25, 0.3) is 0 Å². The molecule has 0 aliphatic carbocycles. The molecular weight excluding hydrogens is 208 g/mol. The van der Waals surface area contributed by atoms with Gasteiger partial charge in [0.05, 0.1) is 0 Å². The van der Waals surface area contributed by atoms with Crippen LogP contribution in [0.1, 0.15) is 13.8 Å². The summed E-state index contributed by atoms with van der Waals surface area (Å²) in [5, 5.41) is 6.33. The molecule has 1 unspecified atom stereocenters. The van der Waals surface area contributed by atoms with Gasteiger partial charge >= 0.3 is 0 Å². The van der Waals surface area contributed by atoms with Gasteiger partial charge in [-0.2, -0.15) is 11.8 Å². The summed E-state index contributed by atoms with van der Waals surface area (Å²) in [6.07, 6.45) is 1.56. The zero-order valence-electron chi connectivity index (χ0n) is 9.45. The summed E-state index contributed by atoms with van der Waals surface area (Å²) >= 11 is 1.92. The van der Waals surface area contributed by atoms with Gasteiger partial charge < -0.3 is 10.6 Å². The van der Waals surface area contributed by atoms with E-state index in [1.54, 1.807) is 6.33 Å². The first-order chi connectivity index (χ1) is 7.26. The van der Waals surface area contributed by atoms with E-state index in [-0.39, 0.29) is 0 Å². The van der Waals surface area contributed by atoms with Gasteiger partial charge in [-0.15, -0.1) is 0 Å². The van der Waals surface area contributed by atoms with E-state index < -0.39 is 0 Å². The van der Waals surface area contributed by atoms with Crippen LogP contribution < -0.4 is 10.6 Å². The predicted molar refractivity (Wildman–Crippen MR) is 67.7 cm³/mol. The van der Waals surface area contributed by atoms with Crippen molar-refractivity contribution in [1.29, 1.82) is 0 Å². The number of hydrogen-bond donors (Lipinski definition) is 2. The second-order valence-electron chi connectivity index (χ2n) is 3.24. The number of aromatic nitrogens is 2. The molecule has 1 heterocycles. The molecule has 0 radical (unpaired) electrons. The maximum Gasteiger partial charge on any atom is 0.131 e. The number of hydrogen-bond acceptors (Lipinski definition) is 5. The van der Waals surface area contributed by atoms with Crippen molar-refractivity contribution in [2.24, 2.45) is 0 Å². The highest BCUT2D eigenvalue weighted by Crippen LogP contribution is 2.11. The van der Waals surface area contributed by atoms with Crippen molar-refractivity contribution in [3.8, 4) is 0 Å². The molecule has 84 valence electrons. The van der Waals surface area contributed by atoms with Crippen LogP contribution >= 0.6 is 11.8 Å². The average molecular weight is 226 g/mol. The summed E-state index contributed by atoms with van der Waals surface area (Å²) in [4.78, 5) is 8.22. The fraction of sp³-hybridized carbons (Fsp3) is 0.600. The molecular formula is C10H18N4S. The second kappa shape index (κ2) is 6.50. The molecule has 0 saturated carbocycles. The van der Waals surface area contributed by atoms with Gasteiger partial charge in [-0.05, 0) is 12.7 Å². The van der Waals surface area contributed by atoms with E-state index >= 15 is 0 Å². The van der Waals surface area contributed by atoms with E-state index in [9.17, 15) is 0 Å². The van der Waals surface area contributed by atoms with Crippen LogP contribution in [0.3, 0.4) is 0 Å². The molecule has 2 N–H and O–H groups in total. The molecule has 0 amide bonds. The topological polar surface area (TPSA) is 49.8 Å². The molecule has 0 saturated heterocycles. The molecule has 0 aromatic carbocycles. The van der Waals surface area contributed by atoms with Crippen molar-refractivity contribution in [1.82, 2.24) is 9.97 Å². The molecule has 4 nitrogen and oxygen atoms in total. The molecule has 15 heavy (non-hydrogen) atoms. The lowest BCUT2D eigenvalue weighted by atomic mass is 10.4. The minimum Gasteiger partial charge on any atom is -0.373 e. The Morgan fingerprint density at radius 1 is 1.40 bits per heavy atom. The summed E-state index contributed by atoms with van der Waals surface area (Å²) in [5.74, 6) is 3.95. The minimum atomic E-state index is 0.426. The van der Waals surface area contributed by atoms with Crippen LogP contribution in [0.5, 0.6) is 0 Å². The quantitative estimate of drug-likeness (QED) is 0.777. The number of rotatable bonds is 6. The maximum atomic E-state index is 4.16. The molecule has 1 atom stereocenters. The minimum absolute atomic E-state index is 0.426. The van der Waals surface area contributed by atoms with Crippen molar-refractivity contribution >= 4 is 23.4 Å². The van der Waals surface area contributed by atoms with Crippen LogP contribution in [-0.2, 0) is 0 Å². The number of nitrogens with one attached hydrogen (secondary N) is 2. The Morgan fingerprint density at radius 2 is 2.13 bits per heavy atom. The third-order valence-electron chi connectivity index (χ3n) is 1.89. The predicted octanol–water partition coefficient (Wildman–Crippen LogP) is 2.07. The zero-order valence-corrected chi connectivity index (χ0v) is 10.3. The number of anilines is 2. The van der Waals surface area contributed by atoms with Gasteiger partial charge in [0, 0.05) is 24.9 Å². The first-order valence-corrected chi connectivity index (χ1v) is 6.25. The molecule has 0 fully saturated rings. The second-order valence-corrected chi connectivity index (χ2v) is 4.56. The van der Waals surface area contributed by atoms with Gasteiger partial charge in [0.1, 0.15) is 18.0 Å². The standard InChI is InChI=1S/C10H18N4S/c1-4-15-6-8(2)14-10-5-9(11-3)12-7-13-10/h5,7-8H,4,6H2,1-3H3,(H2,11,12,13,14). The molecule has 0 aliphatic heterocycles. The molecule has 1 rings (SSSR count). The van der Waals surface area contributed by atoms with E-state index in [1.165, 1.54) is 0 Å². The summed E-state index contributed by atoms with van der Waals surface area (Å²) in [7, 11) is 1.85. The zero-order chi connectivity index (χ0) is 11.1. The monoisotopic (exact) mass is 226 g/mol. The van der Waals surface area contributed by atoms with Crippen LogP contribution in [-0.4, -0.2) is 34.6 Å². The number of thioether (sulfide) groups is 1. The smallest absolute Gasteiger partial charge is 0.131 e. The van der Waals surface area contributed by atoms with Crippen molar-refractivity contribution in [2.45, 2.75) is 19.9 Å². The SMILES string of the molecule is CCSCC(C)Nc1cc(NC)ncn1. The highest BCUT2D eigenvalue weighted by atomic mass is 32.2. The highest BCUT2D eigenvalue weighted by Gasteiger charge is 2.03. The third-order valence-corrected chi connectivity index (χ3v) is 3.03. The summed E-state index contributed by atoms with van der Waals surface area (Å²) in [6, 6.07) is 2.34. The van der Waals surface area contributed by atoms with Crippen LogP contribution in [0.15, 0.2) is 12.4 Å². The van der Waals surface area contributed by atoms with E-state index in [0.29, 0.717) is 6.04 Å². The van der Waals surface area contributed by atoms with Gasteiger partial charge in [0.2, 0.25) is 0 Å². The van der Waals surface area contributed by atoms with Gasteiger partial charge in [-0.1, -0.05) is 6.92 Å². The Hall–Kier alpha value is -0.970. The van der Waals surface area contributed by atoms with E-state index in [0.717, 1.165) is 23.1 Å². The molecule has 5 heteroatoms. The van der Waals surface area contributed by atoms with E-state index in [1.807, 2.05) is 24.9 Å². The van der Waals surface area contributed by atoms with Crippen LogP contribution in [0, 0.1) is 0 Å². The highest BCUT2D eigenvalue weighted by molar-refractivity contribution is 7.99. The first-order valence-electron chi connectivity index (χ1n) is 5.10. The lowest BCUT2D eigenvalue weighted by molar-refractivity contribution is 0.899. The van der Waals surface area contributed by atoms with Crippen molar-refractivity contribution in [2.75, 3.05) is 29.2 Å². The van der Waals surface area contributed by atoms with E-state index in [2.05, 4.69) is 34.4 Å². The molecule has 1 aromatic heterocycles. The summed E-state index contributed by atoms with van der Waals surface area (Å²) < 4.78 is 0. The van der Waals surface area contributed by atoms with Crippen LogP contribution in [0.25, 0.3) is 0 Å².